The summed E-state index contributed by atoms with van der Waals surface area (Å²) in [5.41, 5.74) is 1.98. The van der Waals surface area contributed by atoms with Gasteiger partial charge in [0.15, 0.2) is 0 Å². The fourth-order valence-corrected chi connectivity index (χ4v) is 3.80. The molecule has 5 nitrogen and oxygen atoms in total. The fourth-order valence-electron chi connectivity index (χ4n) is 3.80. The number of aromatic nitrogens is 1. The van der Waals surface area contributed by atoms with Crippen LogP contribution in [0.4, 0.5) is 5.82 Å². The molecule has 0 aliphatic heterocycles. The van der Waals surface area contributed by atoms with Crippen LogP contribution in [-0.4, -0.2) is 24.8 Å². The molecule has 0 radical (unpaired) electrons. The molecule has 0 saturated heterocycles. The highest BCUT2D eigenvalue weighted by Crippen LogP contribution is 2.32. The Kier molecular flexibility index (Phi) is 6.92. The summed E-state index contributed by atoms with van der Waals surface area (Å²) in [6, 6.07) is 26.7. The zero-order chi connectivity index (χ0) is 24.1. The molecule has 0 fully saturated rings. The lowest BCUT2D eigenvalue weighted by Crippen LogP contribution is -2.26. The minimum Gasteiger partial charge on any atom is -0.497 e. The highest BCUT2D eigenvalue weighted by atomic mass is 16.5. The maximum Gasteiger partial charge on any atom is 0.223 e. The number of benzene rings is 3. The Balaban J connectivity index is 1.75. The molecule has 5 heteroatoms. The fraction of sp³-hybridized carbons (Fsp3) is 0.276. The molecule has 1 heterocycles. The van der Waals surface area contributed by atoms with E-state index in [1.807, 2.05) is 57.2 Å². The van der Waals surface area contributed by atoms with Crippen molar-refractivity contribution in [2.45, 2.75) is 39.5 Å². The predicted octanol–water partition coefficient (Wildman–Crippen LogP) is 6.64. The van der Waals surface area contributed by atoms with Gasteiger partial charge in [-0.2, -0.15) is 4.98 Å². The molecule has 4 aromatic rings. The maximum absolute atomic E-state index is 6.30. The summed E-state index contributed by atoms with van der Waals surface area (Å²) >= 11 is 0. The van der Waals surface area contributed by atoms with E-state index >= 15 is 0 Å². The summed E-state index contributed by atoms with van der Waals surface area (Å²) in [4.78, 5) is 7.27. The molecule has 0 N–H and O–H groups in total. The molecular weight excluding hydrogens is 424 g/mol. The minimum atomic E-state index is -0.356. The number of rotatable bonds is 8. The number of ether oxygens (including phenoxy) is 3. The van der Waals surface area contributed by atoms with Crippen molar-refractivity contribution in [3.8, 4) is 17.4 Å². The number of anilines is 1. The van der Waals surface area contributed by atoms with Gasteiger partial charge >= 0.3 is 0 Å². The zero-order valence-corrected chi connectivity index (χ0v) is 20.5. The van der Waals surface area contributed by atoms with Crippen molar-refractivity contribution in [3.63, 3.8) is 0 Å². The molecule has 0 bridgehead atoms. The molecule has 0 aliphatic rings. The normalized spacial score (nSPS) is 11.3. The lowest BCUT2D eigenvalue weighted by molar-refractivity contribution is 0.126. The SMILES string of the molecule is COc1ccc(CN(Cc2ccc(OC)cc2)c2cc3ccccc3c(OC(C)(C)C)n2)cc1. The Labute approximate surface area is 201 Å². The van der Waals surface area contributed by atoms with Gasteiger partial charge in [0.2, 0.25) is 5.88 Å². The van der Waals surface area contributed by atoms with Crippen molar-refractivity contribution in [3.05, 3.63) is 90.0 Å². The highest BCUT2D eigenvalue weighted by molar-refractivity contribution is 5.89. The number of hydrogen-bond acceptors (Lipinski definition) is 5. The average molecular weight is 457 g/mol. The lowest BCUT2D eigenvalue weighted by Gasteiger charge is -2.27. The van der Waals surface area contributed by atoms with Gasteiger partial charge in [-0.3, -0.25) is 0 Å². The van der Waals surface area contributed by atoms with Gasteiger partial charge in [-0.05, 0) is 73.7 Å². The average Bonchev–Trinajstić information content (AvgIpc) is 2.83. The van der Waals surface area contributed by atoms with E-state index in [0.717, 1.165) is 28.1 Å². The largest absolute Gasteiger partial charge is 0.497 e. The molecule has 34 heavy (non-hydrogen) atoms. The Bertz CT molecular complexity index is 1180. The standard InChI is InChI=1S/C29H32N2O3/c1-29(2,3)34-28-26-9-7-6-8-23(26)18-27(30-28)31(19-21-10-14-24(32-4)15-11-21)20-22-12-16-25(33-5)17-13-22/h6-18H,19-20H2,1-5H3. The third-order valence-electron chi connectivity index (χ3n) is 5.48. The van der Waals surface area contributed by atoms with Crippen molar-refractivity contribution in [2.75, 3.05) is 19.1 Å². The van der Waals surface area contributed by atoms with Crippen LogP contribution in [0.3, 0.4) is 0 Å². The molecule has 1 aromatic heterocycles. The van der Waals surface area contributed by atoms with Crippen LogP contribution in [0.1, 0.15) is 31.9 Å². The first kappa shape index (κ1) is 23.4. The van der Waals surface area contributed by atoms with Crippen molar-refractivity contribution in [2.24, 2.45) is 0 Å². The van der Waals surface area contributed by atoms with Gasteiger partial charge < -0.3 is 19.1 Å². The third-order valence-corrected chi connectivity index (χ3v) is 5.48. The first-order valence-corrected chi connectivity index (χ1v) is 11.4. The van der Waals surface area contributed by atoms with Crippen LogP contribution in [0.2, 0.25) is 0 Å². The number of nitrogens with zero attached hydrogens (tertiary/aromatic N) is 2. The van der Waals surface area contributed by atoms with Crippen LogP contribution in [0.5, 0.6) is 17.4 Å². The second-order valence-electron chi connectivity index (χ2n) is 9.27. The molecule has 3 aromatic carbocycles. The Morgan fingerprint density at radius 2 is 1.26 bits per heavy atom. The molecule has 176 valence electrons. The maximum atomic E-state index is 6.30. The Morgan fingerprint density at radius 3 is 1.76 bits per heavy atom. The van der Waals surface area contributed by atoms with Gasteiger partial charge in [-0.1, -0.05) is 42.5 Å². The first-order chi connectivity index (χ1) is 16.3. The summed E-state index contributed by atoms with van der Waals surface area (Å²) in [5.74, 6) is 3.20. The van der Waals surface area contributed by atoms with E-state index in [2.05, 4.69) is 47.4 Å². The predicted molar refractivity (Wildman–Crippen MR) is 138 cm³/mol. The quantitative estimate of drug-likeness (QED) is 0.297. The highest BCUT2D eigenvalue weighted by Gasteiger charge is 2.19. The second kappa shape index (κ2) is 10.0. The molecule has 0 amide bonds. The van der Waals surface area contributed by atoms with Crippen molar-refractivity contribution in [1.29, 1.82) is 0 Å². The van der Waals surface area contributed by atoms with Gasteiger partial charge in [-0.25, -0.2) is 0 Å². The summed E-state index contributed by atoms with van der Waals surface area (Å²) in [7, 11) is 3.36. The smallest absolute Gasteiger partial charge is 0.223 e. The van der Waals surface area contributed by atoms with Crippen molar-refractivity contribution >= 4 is 16.6 Å². The van der Waals surface area contributed by atoms with Gasteiger partial charge in [0.1, 0.15) is 22.9 Å². The number of methoxy groups -OCH3 is 2. The Morgan fingerprint density at radius 1 is 0.735 bits per heavy atom. The van der Waals surface area contributed by atoms with Gasteiger partial charge in [-0.15, -0.1) is 0 Å². The summed E-state index contributed by atoms with van der Waals surface area (Å²) in [5, 5.41) is 2.11. The van der Waals surface area contributed by atoms with Crippen LogP contribution in [0.15, 0.2) is 78.9 Å². The summed E-state index contributed by atoms with van der Waals surface area (Å²) < 4.78 is 17.0. The molecule has 0 atom stereocenters. The van der Waals surface area contributed by atoms with Crippen molar-refractivity contribution < 1.29 is 14.2 Å². The van der Waals surface area contributed by atoms with E-state index in [4.69, 9.17) is 19.2 Å². The van der Waals surface area contributed by atoms with E-state index < -0.39 is 0 Å². The van der Waals surface area contributed by atoms with Crippen LogP contribution < -0.4 is 19.1 Å². The number of hydrogen-bond donors (Lipinski definition) is 0. The topological polar surface area (TPSA) is 43.8 Å². The second-order valence-corrected chi connectivity index (χ2v) is 9.27. The lowest BCUT2D eigenvalue weighted by atomic mass is 10.1. The zero-order valence-electron chi connectivity index (χ0n) is 20.5. The van der Waals surface area contributed by atoms with Crippen molar-refractivity contribution in [1.82, 2.24) is 4.98 Å². The molecule has 0 saturated carbocycles. The van der Waals surface area contributed by atoms with E-state index in [1.165, 1.54) is 11.1 Å². The van der Waals surface area contributed by atoms with E-state index in [9.17, 15) is 0 Å². The van der Waals surface area contributed by atoms with Gasteiger partial charge in [0.05, 0.1) is 14.2 Å². The summed E-state index contributed by atoms with van der Waals surface area (Å²) in [6.45, 7) is 7.51. The van der Waals surface area contributed by atoms with E-state index in [0.29, 0.717) is 19.0 Å². The molecule has 0 spiro atoms. The number of fused-ring (bicyclic) bond motifs is 1. The number of pyridine rings is 1. The molecule has 0 aliphatic carbocycles. The van der Waals surface area contributed by atoms with Crippen LogP contribution in [-0.2, 0) is 13.1 Å². The third kappa shape index (κ3) is 5.79. The van der Waals surface area contributed by atoms with Gasteiger partial charge in [0, 0.05) is 18.5 Å². The summed E-state index contributed by atoms with van der Waals surface area (Å²) in [6.07, 6.45) is 0. The van der Waals surface area contributed by atoms with Crippen LogP contribution in [0, 0.1) is 0 Å². The van der Waals surface area contributed by atoms with E-state index in [1.54, 1.807) is 14.2 Å². The Hall–Kier alpha value is -3.73. The molecular formula is C29H32N2O3. The van der Waals surface area contributed by atoms with E-state index in [-0.39, 0.29) is 5.60 Å². The van der Waals surface area contributed by atoms with Crippen LogP contribution in [0.25, 0.3) is 10.8 Å². The van der Waals surface area contributed by atoms with Crippen LogP contribution >= 0.6 is 0 Å². The van der Waals surface area contributed by atoms with Gasteiger partial charge in [0.25, 0.3) is 0 Å². The minimum absolute atomic E-state index is 0.356. The first-order valence-electron chi connectivity index (χ1n) is 11.4. The monoisotopic (exact) mass is 456 g/mol. The molecule has 0 unspecified atom stereocenters. The molecule has 4 rings (SSSR count).